The molecule has 1 N–H and O–H groups in total. The number of aromatic nitrogens is 2. The molecule has 0 aliphatic rings. The van der Waals surface area contributed by atoms with Crippen molar-refractivity contribution in [1.82, 2.24) is 14.3 Å². The fraction of sp³-hybridized carbons (Fsp3) is 0.318. The predicted molar refractivity (Wildman–Crippen MR) is 121 cm³/mol. The van der Waals surface area contributed by atoms with Gasteiger partial charge < -0.3 is 4.74 Å². The first-order chi connectivity index (χ1) is 14.2. The summed E-state index contributed by atoms with van der Waals surface area (Å²) in [6.45, 7) is 8.32. The number of hydrogen-bond donors (Lipinski definition) is 1. The van der Waals surface area contributed by atoms with Crippen LogP contribution in [0.25, 0.3) is 0 Å². The van der Waals surface area contributed by atoms with Crippen molar-refractivity contribution in [2.45, 2.75) is 51.6 Å². The van der Waals surface area contributed by atoms with Crippen molar-refractivity contribution in [3.63, 3.8) is 0 Å². The molecule has 1 unspecified atom stereocenters. The molecule has 0 spiro atoms. The largest absolute Gasteiger partial charge is 0.426 e. The highest BCUT2D eigenvalue weighted by Crippen LogP contribution is 2.27. The van der Waals surface area contributed by atoms with Gasteiger partial charge in [-0.1, -0.05) is 40.5 Å². The third-order valence-corrected chi connectivity index (χ3v) is 7.00. The molecule has 1 atom stereocenters. The minimum absolute atomic E-state index is 0.291. The molecule has 0 saturated heterocycles. The van der Waals surface area contributed by atoms with E-state index in [4.69, 9.17) is 4.74 Å². The van der Waals surface area contributed by atoms with Gasteiger partial charge in [-0.3, -0.25) is 4.57 Å². The average molecular weight is 492 g/mol. The third kappa shape index (κ3) is 4.94. The summed E-state index contributed by atoms with van der Waals surface area (Å²) in [6, 6.07) is 12.9. The lowest BCUT2D eigenvalue weighted by Crippen LogP contribution is -2.29. The number of benzene rings is 2. The van der Waals surface area contributed by atoms with Crippen molar-refractivity contribution < 1.29 is 13.2 Å². The van der Waals surface area contributed by atoms with Crippen molar-refractivity contribution in [3.05, 3.63) is 70.0 Å². The Morgan fingerprint density at radius 2 is 1.87 bits per heavy atom. The van der Waals surface area contributed by atoms with Crippen molar-refractivity contribution in [1.29, 1.82) is 0 Å². The van der Waals surface area contributed by atoms with Crippen LogP contribution in [0.2, 0.25) is 0 Å². The average Bonchev–Trinajstić information content (AvgIpc) is 3.11. The SMILES string of the molecule is CCc1cc(Br)ccc1S(=O)(=O)NC(C)c1cnc(Oc2ccc(C)cc2)n1CC. The van der Waals surface area contributed by atoms with Gasteiger partial charge in [0.15, 0.2) is 0 Å². The topological polar surface area (TPSA) is 73.2 Å². The number of sulfonamides is 1. The van der Waals surface area contributed by atoms with E-state index in [2.05, 4.69) is 25.6 Å². The van der Waals surface area contributed by atoms with Crippen molar-refractivity contribution in [2.75, 3.05) is 0 Å². The van der Waals surface area contributed by atoms with Gasteiger partial charge in [-0.25, -0.2) is 18.1 Å². The molecule has 0 amide bonds. The zero-order valence-electron chi connectivity index (χ0n) is 17.5. The van der Waals surface area contributed by atoms with Crippen LogP contribution in [0.3, 0.4) is 0 Å². The first-order valence-electron chi connectivity index (χ1n) is 9.85. The molecule has 6 nitrogen and oxygen atoms in total. The first kappa shape index (κ1) is 22.5. The Hall–Kier alpha value is -2.16. The Morgan fingerprint density at radius 1 is 1.17 bits per heavy atom. The van der Waals surface area contributed by atoms with Gasteiger partial charge in [0, 0.05) is 11.0 Å². The summed E-state index contributed by atoms with van der Waals surface area (Å²) in [6.07, 6.45) is 2.27. The maximum Gasteiger partial charge on any atom is 0.302 e. The lowest BCUT2D eigenvalue weighted by Gasteiger charge is -2.18. The zero-order valence-corrected chi connectivity index (χ0v) is 19.9. The van der Waals surface area contributed by atoms with Gasteiger partial charge in [-0.05, 0) is 63.1 Å². The number of imidazole rings is 1. The van der Waals surface area contributed by atoms with Gasteiger partial charge in [-0.15, -0.1) is 0 Å². The molecule has 2 aromatic carbocycles. The number of aryl methyl sites for hydroxylation is 2. The molecule has 30 heavy (non-hydrogen) atoms. The number of hydrogen-bond acceptors (Lipinski definition) is 4. The molecule has 0 aliphatic heterocycles. The van der Waals surface area contributed by atoms with E-state index in [0.29, 0.717) is 29.6 Å². The molecule has 0 saturated carbocycles. The van der Waals surface area contributed by atoms with Crippen LogP contribution in [0.15, 0.2) is 58.0 Å². The standard InChI is InChI=1S/C22H26BrN3O3S/c1-5-17-13-18(23)9-12-21(17)30(27,28)25-16(4)20-14-24-22(26(20)6-2)29-19-10-7-15(3)8-11-19/h7-14,16,25H,5-6H2,1-4H3. The molecular formula is C22H26BrN3O3S. The second-order valence-corrected chi connectivity index (χ2v) is 9.67. The van der Waals surface area contributed by atoms with Gasteiger partial charge in [0.05, 0.1) is 22.8 Å². The van der Waals surface area contributed by atoms with Crippen LogP contribution in [0, 0.1) is 6.92 Å². The summed E-state index contributed by atoms with van der Waals surface area (Å²) in [5, 5.41) is 0. The Labute approximate surface area is 186 Å². The normalized spacial score (nSPS) is 12.7. The van der Waals surface area contributed by atoms with Crippen LogP contribution in [-0.4, -0.2) is 18.0 Å². The molecule has 3 aromatic rings. The third-order valence-electron chi connectivity index (χ3n) is 4.86. The van der Waals surface area contributed by atoms with E-state index in [1.54, 1.807) is 25.3 Å². The van der Waals surface area contributed by atoms with Crippen LogP contribution in [0.1, 0.15) is 43.6 Å². The van der Waals surface area contributed by atoms with E-state index in [1.165, 1.54) is 0 Å². The Bertz CT molecular complexity index is 1130. The van der Waals surface area contributed by atoms with E-state index in [0.717, 1.165) is 21.3 Å². The van der Waals surface area contributed by atoms with E-state index in [-0.39, 0.29) is 0 Å². The summed E-state index contributed by atoms with van der Waals surface area (Å²) in [5.74, 6) is 0.683. The number of rotatable bonds is 8. The van der Waals surface area contributed by atoms with Gasteiger partial charge >= 0.3 is 6.01 Å². The molecule has 0 aliphatic carbocycles. The number of nitrogens with zero attached hydrogens (tertiary/aromatic N) is 2. The van der Waals surface area contributed by atoms with Crippen LogP contribution >= 0.6 is 15.9 Å². The lowest BCUT2D eigenvalue weighted by molar-refractivity contribution is 0.408. The Kier molecular flexibility index (Phi) is 7.00. The minimum Gasteiger partial charge on any atom is -0.426 e. The maximum atomic E-state index is 13.0. The molecule has 0 radical (unpaired) electrons. The van der Waals surface area contributed by atoms with Gasteiger partial charge in [-0.2, -0.15) is 0 Å². The van der Waals surface area contributed by atoms with Gasteiger partial charge in [0.1, 0.15) is 5.75 Å². The van der Waals surface area contributed by atoms with Crippen LogP contribution < -0.4 is 9.46 Å². The quantitative estimate of drug-likeness (QED) is 0.459. The molecular weight excluding hydrogens is 466 g/mol. The molecule has 0 bridgehead atoms. The van der Waals surface area contributed by atoms with E-state index in [9.17, 15) is 8.42 Å². The Balaban J connectivity index is 1.85. The summed E-state index contributed by atoms with van der Waals surface area (Å²) < 4.78 is 37.5. The molecule has 1 aromatic heterocycles. The Morgan fingerprint density at radius 3 is 2.50 bits per heavy atom. The molecule has 8 heteroatoms. The highest BCUT2D eigenvalue weighted by atomic mass is 79.9. The van der Waals surface area contributed by atoms with Crippen molar-refractivity contribution >= 4 is 26.0 Å². The van der Waals surface area contributed by atoms with E-state index >= 15 is 0 Å². The summed E-state index contributed by atoms with van der Waals surface area (Å²) in [4.78, 5) is 4.66. The molecule has 1 heterocycles. The lowest BCUT2D eigenvalue weighted by atomic mass is 10.2. The van der Waals surface area contributed by atoms with E-state index < -0.39 is 16.1 Å². The molecule has 160 valence electrons. The van der Waals surface area contributed by atoms with Gasteiger partial charge in [0.25, 0.3) is 0 Å². The summed E-state index contributed by atoms with van der Waals surface area (Å²) in [5.41, 5.74) is 2.64. The van der Waals surface area contributed by atoms with Crippen LogP contribution in [0.5, 0.6) is 11.8 Å². The van der Waals surface area contributed by atoms with Crippen LogP contribution in [0.4, 0.5) is 0 Å². The monoisotopic (exact) mass is 491 g/mol. The predicted octanol–water partition coefficient (Wildman–Crippen LogP) is 5.37. The number of nitrogens with one attached hydrogen (secondary N) is 1. The van der Waals surface area contributed by atoms with Crippen LogP contribution in [-0.2, 0) is 23.0 Å². The number of ether oxygens (including phenoxy) is 1. The summed E-state index contributed by atoms with van der Waals surface area (Å²) >= 11 is 3.40. The molecule has 0 fully saturated rings. The highest BCUT2D eigenvalue weighted by Gasteiger charge is 2.24. The molecule has 3 rings (SSSR count). The second-order valence-electron chi connectivity index (χ2n) is 7.07. The maximum absolute atomic E-state index is 13.0. The number of halogens is 1. The summed E-state index contributed by atoms with van der Waals surface area (Å²) in [7, 11) is -3.70. The van der Waals surface area contributed by atoms with E-state index in [1.807, 2.05) is 55.7 Å². The van der Waals surface area contributed by atoms with Gasteiger partial charge in [0.2, 0.25) is 10.0 Å². The second kappa shape index (κ2) is 9.32. The first-order valence-corrected chi connectivity index (χ1v) is 12.1. The zero-order chi connectivity index (χ0) is 21.9. The van der Waals surface area contributed by atoms with Crippen molar-refractivity contribution in [3.8, 4) is 11.8 Å². The smallest absolute Gasteiger partial charge is 0.302 e. The fourth-order valence-corrected chi connectivity index (χ4v) is 5.19. The highest BCUT2D eigenvalue weighted by molar-refractivity contribution is 9.10. The minimum atomic E-state index is -3.70. The van der Waals surface area contributed by atoms with Crippen molar-refractivity contribution in [2.24, 2.45) is 0 Å². The fourth-order valence-electron chi connectivity index (χ4n) is 3.27.